The van der Waals surface area contributed by atoms with Gasteiger partial charge in [0.1, 0.15) is 0 Å². The van der Waals surface area contributed by atoms with Crippen molar-refractivity contribution in [2.24, 2.45) is 0 Å². The molecule has 3 aromatic rings. The Balaban J connectivity index is 2.31. The molecule has 0 aliphatic carbocycles. The summed E-state index contributed by atoms with van der Waals surface area (Å²) in [5.41, 5.74) is 10.7. The highest BCUT2D eigenvalue weighted by Gasteiger charge is 2.15. The van der Waals surface area contributed by atoms with Crippen molar-refractivity contribution >= 4 is 5.57 Å². The van der Waals surface area contributed by atoms with Gasteiger partial charge in [-0.15, -0.1) is 0 Å². The number of nitrogens with zero attached hydrogens (tertiary/aromatic N) is 2. The lowest BCUT2D eigenvalue weighted by Gasteiger charge is -2.13. The van der Waals surface area contributed by atoms with E-state index < -0.39 is 0 Å². The van der Waals surface area contributed by atoms with Crippen molar-refractivity contribution in [3.63, 3.8) is 0 Å². The summed E-state index contributed by atoms with van der Waals surface area (Å²) < 4.78 is 0. The average molecular weight is 381 g/mol. The summed E-state index contributed by atoms with van der Waals surface area (Å²) in [6, 6.07) is 13.1. The van der Waals surface area contributed by atoms with Crippen LogP contribution in [-0.2, 0) is 0 Å². The average Bonchev–Trinajstić information content (AvgIpc) is 2.66. The first-order chi connectivity index (χ1) is 13.9. The fourth-order valence-electron chi connectivity index (χ4n) is 3.70. The van der Waals surface area contributed by atoms with Crippen molar-refractivity contribution in [2.45, 2.75) is 34.6 Å². The summed E-state index contributed by atoms with van der Waals surface area (Å²) in [6.45, 7) is 14.3. The maximum atomic E-state index is 5.07. The predicted octanol–water partition coefficient (Wildman–Crippen LogP) is 7.19. The monoisotopic (exact) mass is 380 g/mol. The number of aromatic nitrogens is 2. The molecule has 3 rings (SSSR count). The lowest BCUT2D eigenvalue weighted by Crippen LogP contribution is -1.99. The smallest absolute Gasteiger partial charge is 0.0972 e. The molecule has 0 atom stereocenters. The molecular formula is C27H28N2. The summed E-state index contributed by atoms with van der Waals surface area (Å²) in [6.07, 6.45) is 9.64. The van der Waals surface area contributed by atoms with Gasteiger partial charge in [-0.05, 0) is 58.9 Å². The first-order valence-corrected chi connectivity index (χ1v) is 9.91. The molecule has 146 valence electrons. The Hall–Kier alpha value is -3.26. The zero-order valence-corrected chi connectivity index (χ0v) is 18.0. The fourth-order valence-corrected chi connectivity index (χ4v) is 3.70. The summed E-state index contributed by atoms with van der Waals surface area (Å²) in [5.74, 6) is 0. The highest BCUT2D eigenvalue weighted by atomic mass is 14.8. The van der Waals surface area contributed by atoms with Gasteiger partial charge in [0.05, 0.1) is 23.3 Å². The Morgan fingerprint density at radius 3 is 1.79 bits per heavy atom. The minimum Gasteiger partial charge on any atom is -0.252 e. The van der Waals surface area contributed by atoms with Crippen molar-refractivity contribution < 1.29 is 0 Å². The topological polar surface area (TPSA) is 25.8 Å². The molecule has 0 fully saturated rings. The van der Waals surface area contributed by atoms with Gasteiger partial charge >= 0.3 is 0 Å². The summed E-state index contributed by atoms with van der Waals surface area (Å²) in [5, 5.41) is 0. The molecule has 2 heteroatoms. The summed E-state index contributed by atoms with van der Waals surface area (Å²) >= 11 is 0. The summed E-state index contributed by atoms with van der Waals surface area (Å²) in [4.78, 5) is 9.95. The van der Waals surface area contributed by atoms with Crippen LogP contribution in [-0.4, -0.2) is 9.97 Å². The molecule has 0 amide bonds. The molecule has 2 aromatic carbocycles. The second-order valence-electron chi connectivity index (χ2n) is 7.56. The molecule has 0 saturated heterocycles. The molecule has 0 aliphatic heterocycles. The molecule has 2 nitrogen and oxygen atoms in total. The van der Waals surface area contributed by atoms with Crippen LogP contribution < -0.4 is 0 Å². The molecule has 0 bridgehead atoms. The molecule has 29 heavy (non-hydrogen) atoms. The van der Waals surface area contributed by atoms with Gasteiger partial charge in [-0.1, -0.05) is 65.3 Å². The van der Waals surface area contributed by atoms with E-state index in [0.29, 0.717) is 0 Å². The highest BCUT2D eigenvalue weighted by molar-refractivity contribution is 5.81. The second-order valence-corrected chi connectivity index (χ2v) is 7.56. The van der Waals surface area contributed by atoms with Crippen LogP contribution in [0.5, 0.6) is 0 Å². The van der Waals surface area contributed by atoms with Crippen LogP contribution >= 0.6 is 0 Å². The third-order valence-electron chi connectivity index (χ3n) is 4.70. The van der Waals surface area contributed by atoms with Crippen LogP contribution in [0.2, 0.25) is 0 Å². The third-order valence-corrected chi connectivity index (χ3v) is 4.70. The van der Waals surface area contributed by atoms with Crippen LogP contribution in [0.4, 0.5) is 0 Å². The van der Waals surface area contributed by atoms with Gasteiger partial charge in [0.2, 0.25) is 0 Å². The van der Waals surface area contributed by atoms with Crippen molar-refractivity contribution in [1.82, 2.24) is 9.97 Å². The Bertz CT molecular complexity index is 1080. The maximum absolute atomic E-state index is 5.07. The van der Waals surface area contributed by atoms with Crippen LogP contribution in [0.1, 0.15) is 34.9 Å². The SMILES string of the molecule is C=C/C=C(\C=C/C)c1cnc(-c2cc(C)cc(C)c2)c(-c2cc(C)cc(C)c2)n1. The first kappa shape index (κ1) is 20.5. The van der Waals surface area contributed by atoms with E-state index in [0.717, 1.165) is 33.8 Å². The Morgan fingerprint density at radius 1 is 0.793 bits per heavy atom. The second kappa shape index (κ2) is 8.83. The van der Waals surface area contributed by atoms with E-state index in [9.17, 15) is 0 Å². The van der Waals surface area contributed by atoms with E-state index in [1.807, 2.05) is 31.3 Å². The Kier molecular flexibility index (Phi) is 6.23. The summed E-state index contributed by atoms with van der Waals surface area (Å²) in [7, 11) is 0. The molecule has 1 aromatic heterocycles. The maximum Gasteiger partial charge on any atom is 0.0972 e. The number of allylic oxidation sites excluding steroid dienone is 5. The Morgan fingerprint density at radius 2 is 1.31 bits per heavy atom. The van der Waals surface area contributed by atoms with Gasteiger partial charge < -0.3 is 0 Å². The van der Waals surface area contributed by atoms with Gasteiger partial charge in [-0.25, -0.2) is 4.98 Å². The highest BCUT2D eigenvalue weighted by Crippen LogP contribution is 2.32. The van der Waals surface area contributed by atoms with Crippen LogP contribution in [0, 0.1) is 27.7 Å². The number of aryl methyl sites for hydroxylation is 4. The fraction of sp³-hybridized carbons (Fsp3) is 0.185. The lowest BCUT2D eigenvalue weighted by atomic mass is 9.98. The Labute approximate surface area is 174 Å². The largest absolute Gasteiger partial charge is 0.252 e. The van der Waals surface area contributed by atoms with E-state index in [1.54, 1.807) is 6.08 Å². The zero-order valence-electron chi connectivity index (χ0n) is 18.0. The van der Waals surface area contributed by atoms with E-state index >= 15 is 0 Å². The van der Waals surface area contributed by atoms with Crippen LogP contribution in [0.3, 0.4) is 0 Å². The zero-order chi connectivity index (χ0) is 21.0. The molecule has 1 heterocycles. The number of hydrogen-bond acceptors (Lipinski definition) is 2. The quantitative estimate of drug-likeness (QED) is 0.438. The third kappa shape index (κ3) is 4.78. The molecule has 0 radical (unpaired) electrons. The molecule has 0 aliphatic rings. The molecule has 0 unspecified atom stereocenters. The predicted molar refractivity (Wildman–Crippen MR) is 125 cm³/mol. The number of rotatable bonds is 5. The minimum absolute atomic E-state index is 0.838. The van der Waals surface area contributed by atoms with E-state index in [4.69, 9.17) is 9.97 Å². The van der Waals surface area contributed by atoms with Gasteiger partial charge in [0.25, 0.3) is 0 Å². The number of hydrogen-bond donors (Lipinski definition) is 0. The number of benzene rings is 2. The van der Waals surface area contributed by atoms with Crippen molar-refractivity contribution in [3.05, 3.63) is 101 Å². The lowest BCUT2D eigenvalue weighted by molar-refractivity contribution is 1.17. The molecule has 0 saturated carbocycles. The van der Waals surface area contributed by atoms with E-state index in [1.165, 1.54) is 22.3 Å². The van der Waals surface area contributed by atoms with Gasteiger partial charge in [-0.3, -0.25) is 4.98 Å². The molecule has 0 spiro atoms. The standard InChI is InChI=1S/C27H28N2/c1-7-9-22(10-8-2)25-17-28-26(23-13-18(3)11-19(4)14-23)27(29-25)24-15-20(5)12-21(6)16-24/h7-17H,1H2,2-6H3/b10-8-,22-9+. The molecule has 0 N–H and O–H groups in total. The molecular weight excluding hydrogens is 352 g/mol. The van der Waals surface area contributed by atoms with E-state index in [-0.39, 0.29) is 0 Å². The van der Waals surface area contributed by atoms with Gasteiger partial charge in [0, 0.05) is 16.7 Å². The van der Waals surface area contributed by atoms with Crippen LogP contribution in [0.15, 0.2) is 73.5 Å². The van der Waals surface area contributed by atoms with Crippen molar-refractivity contribution in [3.8, 4) is 22.5 Å². The van der Waals surface area contributed by atoms with Crippen molar-refractivity contribution in [2.75, 3.05) is 0 Å². The van der Waals surface area contributed by atoms with Crippen LogP contribution in [0.25, 0.3) is 28.1 Å². The minimum atomic E-state index is 0.838. The van der Waals surface area contributed by atoms with Gasteiger partial charge in [0.15, 0.2) is 0 Å². The first-order valence-electron chi connectivity index (χ1n) is 9.91. The van der Waals surface area contributed by atoms with E-state index in [2.05, 4.69) is 70.7 Å². The normalized spacial score (nSPS) is 11.8. The van der Waals surface area contributed by atoms with Crippen molar-refractivity contribution in [1.29, 1.82) is 0 Å². The van der Waals surface area contributed by atoms with Gasteiger partial charge in [-0.2, -0.15) is 0 Å².